The van der Waals surface area contributed by atoms with Crippen molar-refractivity contribution in [2.24, 2.45) is 0 Å². The van der Waals surface area contributed by atoms with Gasteiger partial charge in [0.15, 0.2) is 0 Å². The molecule has 0 bridgehead atoms. The van der Waals surface area contributed by atoms with Gasteiger partial charge in [-0.1, -0.05) is 19.9 Å². The van der Waals surface area contributed by atoms with Crippen molar-refractivity contribution >= 4 is 0 Å². The minimum Gasteiger partial charge on any atom is -0.494 e. The minimum atomic E-state index is -0.335. The second-order valence-electron chi connectivity index (χ2n) is 8.24. The van der Waals surface area contributed by atoms with Crippen molar-refractivity contribution in [3.05, 3.63) is 28.8 Å². The molecule has 0 unspecified atom stereocenters. The molecule has 0 amide bonds. The van der Waals surface area contributed by atoms with Crippen LogP contribution in [0.5, 0.6) is 5.75 Å². The van der Waals surface area contributed by atoms with Gasteiger partial charge in [0.2, 0.25) is 0 Å². The van der Waals surface area contributed by atoms with Gasteiger partial charge < -0.3 is 14.6 Å². The smallest absolute Gasteiger partial charge is 0.123 e. The molecule has 0 aliphatic carbocycles. The fourth-order valence-electron chi connectivity index (χ4n) is 4.25. The Morgan fingerprint density at radius 3 is 2.67 bits per heavy atom. The number of ether oxygens (including phenoxy) is 2. The number of hydrogen-bond donors (Lipinski definition) is 1. The van der Waals surface area contributed by atoms with Gasteiger partial charge in [-0.05, 0) is 62.0 Å². The Balaban J connectivity index is 1.67. The number of aliphatic hydroxyl groups is 1. The highest BCUT2D eigenvalue weighted by molar-refractivity contribution is 5.44. The first kappa shape index (κ1) is 20.6. The molecule has 0 spiro atoms. The first-order valence-electron chi connectivity index (χ1n) is 10.5. The van der Waals surface area contributed by atoms with E-state index in [1.54, 1.807) is 0 Å². The summed E-state index contributed by atoms with van der Waals surface area (Å²) in [5.74, 6) is 1.49. The lowest BCUT2D eigenvalue weighted by molar-refractivity contribution is 0.0837. The molecule has 2 fully saturated rings. The van der Waals surface area contributed by atoms with Gasteiger partial charge in [-0.2, -0.15) is 0 Å². The average molecular weight is 377 g/mol. The molecule has 2 aliphatic heterocycles. The summed E-state index contributed by atoms with van der Waals surface area (Å²) in [5.41, 5.74) is 4.02. The summed E-state index contributed by atoms with van der Waals surface area (Å²) < 4.78 is 11.3. The molecule has 1 N–H and O–H groups in total. The van der Waals surface area contributed by atoms with E-state index >= 15 is 0 Å². The maximum atomic E-state index is 10.1. The Kier molecular flexibility index (Phi) is 7.15. The molecular weight excluding hydrogens is 340 g/mol. The van der Waals surface area contributed by atoms with E-state index in [1.807, 2.05) is 6.92 Å². The third-order valence-corrected chi connectivity index (χ3v) is 5.90. The van der Waals surface area contributed by atoms with Crippen molar-refractivity contribution < 1.29 is 14.6 Å². The van der Waals surface area contributed by atoms with Crippen molar-refractivity contribution in [3.63, 3.8) is 0 Å². The lowest BCUT2D eigenvalue weighted by atomic mass is 9.96. The maximum absolute atomic E-state index is 10.1. The van der Waals surface area contributed by atoms with Crippen LogP contribution in [0.3, 0.4) is 0 Å². The van der Waals surface area contributed by atoms with Crippen LogP contribution < -0.4 is 4.74 Å². The van der Waals surface area contributed by atoms with Crippen molar-refractivity contribution in [2.75, 3.05) is 46.0 Å². The number of aliphatic hydroxyl groups excluding tert-OH is 1. The third kappa shape index (κ3) is 5.02. The van der Waals surface area contributed by atoms with E-state index in [2.05, 4.69) is 42.7 Å². The molecule has 2 atom stereocenters. The second kappa shape index (κ2) is 9.37. The van der Waals surface area contributed by atoms with Gasteiger partial charge in [-0.3, -0.25) is 9.80 Å². The normalized spacial score (nSPS) is 25.1. The number of nitrogens with zero attached hydrogens (tertiary/aromatic N) is 2. The topological polar surface area (TPSA) is 45.2 Å². The highest BCUT2D eigenvalue weighted by Crippen LogP contribution is 2.30. The number of aryl methyl sites for hydroxylation is 1. The zero-order valence-electron chi connectivity index (χ0n) is 17.4. The largest absolute Gasteiger partial charge is 0.494 e. The zero-order valence-corrected chi connectivity index (χ0v) is 17.4. The first-order chi connectivity index (χ1) is 13.0. The van der Waals surface area contributed by atoms with Gasteiger partial charge in [-0.15, -0.1) is 0 Å². The highest BCUT2D eigenvalue weighted by Gasteiger charge is 2.32. The van der Waals surface area contributed by atoms with Crippen LogP contribution >= 0.6 is 0 Å². The van der Waals surface area contributed by atoms with E-state index in [0.717, 1.165) is 44.9 Å². The minimum absolute atomic E-state index is 0.171. The molecule has 2 aliphatic rings. The monoisotopic (exact) mass is 376 g/mol. The number of benzene rings is 1. The predicted molar refractivity (Wildman–Crippen MR) is 109 cm³/mol. The third-order valence-electron chi connectivity index (χ3n) is 5.90. The standard InChI is InChI=1S/C22H36N2O3/c1-5-27-22-11-17(4)18(12-19(22)16(2)3)13-23-7-6-8-24(10-9-23)20-14-26-15-21(20)25/h11-12,16,20-21,25H,5-10,13-15H2,1-4H3/t20-,21-/m1/s1. The Morgan fingerprint density at radius 1 is 1.19 bits per heavy atom. The SMILES string of the molecule is CCOc1cc(C)c(CN2CCCN([C@@H]3COC[C@H]3O)CC2)cc1C(C)C. The lowest BCUT2D eigenvalue weighted by Crippen LogP contribution is -2.44. The highest BCUT2D eigenvalue weighted by atomic mass is 16.5. The first-order valence-corrected chi connectivity index (χ1v) is 10.5. The van der Waals surface area contributed by atoms with Crippen LogP contribution in [0.25, 0.3) is 0 Å². The van der Waals surface area contributed by atoms with E-state index in [-0.39, 0.29) is 12.1 Å². The van der Waals surface area contributed by atoms with Gasteiger partial charge in [-0.25, -0.2) is 0 Å². The van der Waals surface area contributed by atoms with E-state index in [9.17, 15) is 5.11 Å². The van der Waals surface area contributed by atoms with Crippen LogP contribution in [-0.4, -0.2) is 73.1 Å². The fourth-order valence-corrected chi connectivity index (χ4v) is 4.25. The van der Waals surface area contributed by atoms with Gasteiger partial charge >= 0.3 is 0 Å². The Labute approximate surface area is 164 Å². The molecule has 0 radical (unpaired) electrons. The van der Waals surface area contributed by atoms with Crippen molar-refractivity contribution in [3.8, 4) is 5.75 Å². The van der Waals surface area contributed by atoms with E-state index in [1.165, 1.54) is 16.7 Å². The number of hydrogen-bond acceptors (Lipinski definition) is 5. The van der Waals surface area contributed by atoms with Crippen molar-refractivity contribution in [1.29, 1.82) is 0 Å². The van der Waals surface area contributed by atoms with Gasteiger partial charge in [0.05, 0.1) is 32.0 Å². The summed E-state index contributed by atoms with van der Waals surface area (Å²) in [4.78, 5) is 4.97. The summed E-state index contributed by atoms with van der Waals surface area (Å²) in [5, 5.41) is 10.1. The second-order valence-corrected chi connectivity index (χ2v) is 8.24. The molecule has 2 heterocycles. The molecule has 0 aromatic heterocycles. The molecule has 2 saturated heterocycles. The molecule has 3 rings (SSSR count). The van der Waals surface area contributed by atoms with Crippen LogP contribution in [0.1, 0.15) is 49.8 Å². The van der Waals surface area contributed by atoms with E-state index in [0.29, 0.717) is 25.7 Å². The summed E-state index contributed by atoms with van der Waals surface area (Å²) in [6.07, 6.45) is 0.801. The fraction of sp³-hybridized carbons (Fsp3) is 0.727. The van der Waals surface area contributed by atoms with Crippen molar-refractivity contribution in [2.45, 2.75) is 58.7 Å². The van der Waals surface area contributed by atoms with Crippen LogP contribution in [0.15, 0.2) is 12.1 Å². The van der Waals surface area contributed by atoms with Crippen LogP contribution in [-0.2, 0) is 11.3 Å². The van der Waals surface area contributed by atoms with Crippen molar-refractivity contribution in [1.82, 2.24) is 9.80 Å². The van der Waals surface area contributed by atoms with Crippen LogP contribution in [0.4, 0.5) is 0 Å². The average Bonchev–Trinajstić information content (AvgIpc) is 2.92. The van der Waals surface area contributed by atoms with Gasteiger partial charge in [0.25, 0.3) is 0 Å². The van der Waals surface area contributed by atoms with Gasteiger partial charge in [0, 0.05) is 19.6 Å². The summed E-state index contributed by atoms with van der Waals surface area (Å²) in [6.45, 7) is 15.7. The predicted octanol–water partition coefficient (Wildman–Crippen LogP) is 2.78. The van der Waals surface area contributed by atoms with E-state index < -0.39 is 0 Å². The summed E-state index contributed by atoms with van der Waals surface area (Å²) in [7, 11) is 0. The molecule has 27 heavy (non-hydrogen) atoms. The van der Waals surface area contributed by atoms with Crippen LogP contribution in [0, 0.1) is 6.92 Å². The lowest BCUT2D eigenvalue weighted by Gasteiger charge is -2.28. The quantitative estimate of drug-likeness (QED) is 0.827. The summed E-state index contributed by atoms with van der Waals surface area (Å²) >= 11 is 0. The molecular formula is C22H36N2O3. The molecule has 5 heteroatoms. The molecule has 0 saturated carbocycles. The summed E-state index contributed by atoms with van der Waals surface area (Å²) in [6, 6.07) is 4.73. The number of rotatable bonds is 6. The molecule has 5 nitrogen and oxygen atoms in total. The molecule has 1 aromatic carbocycles. The zero-order chi connectivity index (χ0) is 19.4. The van der Waals surface area contributed by atoms with Crippen LogP contribution in [0.2, 0.25) is 0 Å². The molecule has 152 valence electrons. The Morgan fingerprint density at radius 2 is 2.00 bits per heavy atom. The Bertz CT molecular complexity index is 620. The Hall–Kier alpha value is -1.14. The maximum Gasteiger partial charge on any atom is 0.123 e. The van der Waals surface area contributed by atoms with E-state index in [4.69, 9.17) is 9.47 Å². The molecule has 1 aromatic rings. The van der Waals surface area contributed by atoms with Gasteiger partial charge in [0.1, 0.15) is 5.75 Å².